The Kier molecular flexibility index (Phi) is 4.87. The van der Waals surface area contributed by atoms with Crippen LogP contribution in [-0.2, 0) is 3.74 Å². The fourth-order valence-electron chi connectivity index (χ4n) is 0.886. The van der Waals surface area contributed by atoms with Gasteiger partial charge in [-0.05, 0) is 41.0 Å². The lowest BCUT2D eigenvalue weighted by molar-refractivity contribution is -1.91. The van der Waals surface area contributed by atoms with E-state index in [9.17, 15) is 14.0 Å². The monoisotopic (exact) mass is 285 g/mol. The summed E-state index contributed by atoms with van der Waals surface area (Å²) in [5, 5.41) is 0. The number of nitrogens with zero attached hydrogens (tertiary/aromatic N) is 1. The highest BCUT2D eigenvalue weighted by Gasteiger charge is 2.28. The summed E-state index contributed by atoms with van der Waals surface area (Å²) in [6.45, 7) is 1.83. The van der Waals surface area contributed by atoms with Crippen LogP contribution in [0.5, 0.6) is 0 Å². The van der Waals surface area contributed by atoms with Gasteiger partial charge in [0.15, 0.2) is 9.80 Å². The topological polar surface area (TPSA) is 81.7 Å². The third-order valence-corrected chi connectivity index (χ3v) is 5.95. The molecule has 1 aliphatic rings. The predicted molar refractivity (Wildman–Crippen MR) is 57.9 cm³/mol. The zero-order valence-corrected chi connectivity index (χ0v) is 11.4. The van der Waals surface area contributed by atoms with Gasteiger partial charge in [-0.15, -0.1) is 0 Å². The van der Waals surface area contributed by atoms with E-state index in [0.717, 1.165) is 4.91 Å². The molecule has 5 nitrogen and oxygen atoms in total. The molecule has 0 aromatic carbocycles. The van der Waals surface area contributed by atoms with E-state index in [1.54, 1.807) is 18.4 Å². The molecule has 0 saturated carbocycles. The minimum absolute atomic E-state index is 0.683. The Morgan fingerprint density at radius 2 is 2.06 bits per heavy atom. The van der Waals surface area contributed by atoms with Crippen LogP contribution in [0, 0.1) is 10.2 Å². The second-order valence-electron chi connectivity index (χ2n) is 3.20. The van der Waals surface area contributed by atoms with Crippen LogP contribution >= 0.6 is 20.6 Å². The van der Waals surface area contributed by atoms with Gasteiger partial charge in [-0.2, -0.15) is 14.0 Å². The molecule has 92 valence electrons. The van der Waals surface area contributed by atoms with E-state index in [0.29, 0.717) is 4.86 Å². The lowest BCUT2D eigenvalue weighted by Crippen LogP contribution is -2.60. The average Bonchev–Trinajstić information content (AvgIpc) is 2.39. The summed E-state index contributed by atoms with van der Waals surface area (Å²) in [6.07, 6.45) is 5.30. The maximum Gasteiger partial charge on any atom is 0.179 e. The molecule has 0 aromatic rings. The number of allylic oxidation sites excluding steroid dienone is 3. The molecule has 16 heavy (non-hydrogen) atoms. The van der Waals surface area contributed by atoms with E-state index in [-0.39, 0.29) is 0 Å². The van der Waals surface area contributed by atoms with E-state index >= 15 is 0 Å². The first-order chi connectivity index (χ1) is 7.28. The smallest absolute Gasteiger partial charge is 0.179 e. The van der Waals surface area contributed by atoms with Crippen molar-refractivity contribution in [1.29, 1.82) is 0 Å². The first-order valence-corrected chi connectivity index (χ1v) is 7.93. The normalized spacial score (nSPS) is 21.8. The summed E-state index contributed by atoms with van der Waals surface area (Å²) in [5.41, 5.74) is 0. The van der Waals surface area contributed by atoms with Crippen LogP contribution in [0.1, 0.15) is 6.92 Å². The summed E-state index contributed by atoms with van der Waals surface area (Å²) in [4.78, 5) is 3.41. The zero-order chi connectivity index (χ0) is 12.3. The Labute approximate surface area is 103 Å². The molecule has 1 heterocycles. The van der Waals surface area contributed by atoms with Gasteiger partial charge in [0.2, 0.25) is 0 Å². The van der Waals surface area contributed by atoms with Gasteiger partial charge >= 0.3 is 0 Å². The molecule has 0 spiro atoms. The highest BCUT2D eigenvalue weighted by molar-refractivity contribution is 8.83. The quantitative estimate of drug-likeness (QED) is 0.370. The summed E-state index contributed by atoms with van der Waals surface area (Å²) in [7, 11) is -0.541. The van der Waals surface area contributed by atoms with Crippen LogP contribution in [0.2, 0.25) is 0 Å². The SMILES string of the molecule is CC1=CC(/C=C/N(C)C)=S(O[Cl+3]([O-])([O-])[O-])S1. The summed E-state index contributed by atoms with van der Waals surface area (Å²) in [6, 6.07) is 0. The molecule has 0 fully saturated rings. The van der Waals surface area contributed by atoms with Crippen LogP contribution in [0.3, 0.4) is 0 Å². The minimum atomic E-state index is -4.39. The van der Waals surface area contributed by atoms with Crippen LogP contribution in [-0.4, -0.2) is 23.9 Å². The fraction of sp³-hybridized carbons (Fsp3) is 0.375. The standard InChI is InChI=1S/C8H12ClNO4S2/c1-7-6-8(4-5-10(2)3)16(15-7)14-9(11,12)13/h4-6H,1-3H3/b5-4+. The minimum Gasteiger partial charge on any atom is -0.383 e. The van der Waals surface area contributed by atoms with Crippen molar-refractivity contribution >= 4 is 25.5 Å². The van der Waals surface area contributed by atoms with Crippen LogP contribution in [0.4, 0.5) is 0 Å². The lowest BCUT2D eigenvalue weighted by Gasteiger charge is -2.12. The largest absolute Gasteiger partial charge is 0.383 e. The van der Waals surface area contributed by atoms with E-state index in [2.05, 4.69) is 3.74 Å². The molecule has 1 unspecified atom stereocenters. The first-order valence-electron chi connectivity index (χ1n) is 4.21. The van der Waals surface area contributed by atoms with E-state index < -0.39 is 20.0 Å². The third-order valence-electron chi connectivity index (χ3n) is 1.42. The summed E-state index contributed by atoms with van der Waals surface area (Å²) >= 11 is 0. The third kappa shape index (κ3) is 4.88. The van der Waals surface area contributed by atoms with Crippen molar-refractivity contribution in [2.24, 2.45) is 0 Å². The van der Waals surface area contributed by atoms with Gasteiger partial charge in [0.25, 0.3) is 0 Å². The molecule has 0 bridgehead atoms. The second kappa shape index (κ2) is 5.54. The molecule has 0 amide bonds. The van der Waals surface area contributed by atoms with Gasteiger partial charge in [-0.1, -0.05) is 0 Å². The predicted octanol–water partition coefficient (Wildman–Crippen LogP) is -1.10. The van der Waals surface area contributed by atoms with E-state index in [1.165, 1.54) is 10.8 Å². The van der Waals surface area contributed by atoms with Crippen molar-refractivity contribution in [3.05, 3.63) is 23.3 Å². The highest BCUT2D eigenvalue weighted by atomic mass is 35.7. The Hall–Kier alpha value is -0.0200. The molecule has 0 aromatic heterocycles. The van der Waals surface area contributed by atoms with Crippen LogP contribution in [0.15, 0.2) is 23.3 Å². The molecular formula is C8H12ClNO4S2. The van der Waals surface area contributed by atoms with Gasteiger partial charge in [0.1, 0.15) is 3.74 Å². The van der Waals surface area contributed by atoms with Crippen LogP contribution < -0.4 is 14.0 Å². The Morgan fingerprint density at radius 3 is 2.56 bits per heavy atom. The molecule has 1 aliphatic heterocycles. The Morgan fingerprint density at radius 1 is 1.44 bits per heavy atom. The maximum absolute atomic E-state index is 10.5. The van der Waals surface area contributed by atoms with Crippen molar-refractivity contribution in [3.8, 4) is 0 Å². The van der Waals surface area contributed by atoms with Crippen molar-refractivity contribution in [3.63, 3.8) is 0 Å². The molecule has 1 atom stereocenters. The number of rotatable bonds is 4. The van der Waals surface area contributed by atoms with Crippen molar-refractivity contribution in [1.82, 2.24) is 4.90 Å². The molecule has 0 aliphatic carbocycles. The molecule has 0 N–H and O–H groups in total. The first kappa shape index (κ1) is 14.0. The van der Waals surface area contributed by atoms with Gasteiger partial charge in [0.05, 0.1) is 15.1 Å². The van der Waals surface area contributed by atoms with Gasteiger partial charge in [-0.25, -0.2) is 0 Å². The Balaban J connectivity index is 2.83. The fourth-order valence-corrected chi connectivity index (χ4v) is 5.13. The Bertz CT molecular complexity index is 360. The lowest BCUT2D eigenvalue weighted by atomic mass is 10.3. The molecule has 1 rings (SSSR count). The van der Waals surface area contributed by atoms with Crippen molar-refractivity contribution in [2.75, 3.05) is 14.1 Å². The van der Waals surface area contributed by atoms with Crippen LogP contribution in [0.25, 0.3) is 0 Å². The molecule has 0 saturated heterocycles. The molecular weight excluding hydrogens is 274 g/mol. The second-order valence-corrected chi connectivity index (χ2v) is 7.62. The summed E-state index contributed by atoms with van der Waals surface area (Å²) < 4.78 is 35.9. The average molecular weight is 286 g/mol. The highest BCUT2D eigenvalue weighted by Crippen LogP contribution is 2.46. The molecule has 8 heteroatoms. The molecule has 0 radical (unpaired) electrons. The maximum atomic E-state index is 10.5. The number of hydrogen-bond acceptors (Lipinski definition) is 6. The van der Waals surface area contributed by atoms with Crippen molar-refractivity contribution < 1.29 is 28.0 Å². The number of halogens is 1. The van der Waals surface area contributed by atoms with Gasteiger partial charge in [-0.3, -0.25) is 0 Å². The summed E-state index contributed by atoms with van der Waals surface area (Å²) in [5.74, 6) is 0. The van der Waals surface area contributed by atoms with E-state index in [1.807, 2.05) is 25.9 Å². The zero-order valence-electron chi connectivity index (χ0n) is 9.01. The number of hydrogen-bond donors (Lipinski definition) is 0. The van der Waals surface area contributed by atoms with E-state index in [4.69, 9.17) is 0 Å². The van der Waals surface area contributed by atoms with Gasteiger partial charge < -0.3 is 4.90 Å². The van der Waals surface area contributed by atoms with Gasteiger partial charge in [0, 0.05) is 14.1 Å². The van der Waals surface area contributed by atoms with Crippen molar-refractivity contribution in [2.45, 2.75) is 6.92 Å².